The Morgan fingerprint density at radius 2 is 1.90 bits per heavy atom. The van der Waals surface area contributed by atoms with E-state index in [0.29, 0.717) is 6.61 Å². The average Bonchev–Trinajstić information content (AvgIpc) is 1.59. The Labute approximate surface area is 95.6 Å². The second kappa shape index (κ2) is 5.72. The van der Waals surface area contributed by atoms with Crippen molar-refractivity contribution in [1.29, 1.82) is 0 Å². The second-order valence-electron chi connectivity index (χ2n) is 3.10. The molecule has 0 aromatic rings. The number of hydrogen-bond donors (Lipinski definition) is 0. The van der Waals surface area contributed by atoms with Crippen molar-refractivity contribution in [2.75, 3.05) is 6.61 Å². The maximum absolute atomic E-state index is 4.95. The maximum atomic E-state index is 4.95. The molecule has 0 radical (unpaired) electrons. The number of ether oxygens (including phenoxy) is 1. The molecule has 1 nitrogen and oxygen atoms in total. The van der Waals surface area contributed by atoms with Crippen molar-refractivity contribution < 1.29 is 34.3 Å². The summed E-state index contributed by atoms with van der Waals surface area (Å²) in [5.41, 5.74) is 0.156. The molecule has 10 heavy (non-hydrogen) atoms. The SMILES string of the molecule is CC(C)(C)COC(=S)[S-].[Na+]. The summed E-state index contributed by atoms with van der Waals surface area (Å²) in [4.78, 5) is 0. The van der Waals surface area contributed by atoms with Gasteiger partial charge in [-0.05, 0) is 5.41 Å². The molecule has 0 heterocycles. The van der Waals surface area contributed by atoms with E-state index in [1.54, 1.807) is 0 Å². The molecule has 54 valence electrons. The van der Waals surface area contributed by atoms with E-state index in [4.69, 9.17) is 4.74 Å². The van der Waals surface area contributed by atoms with Gasteiger partial charge in [-0.1, -0.05) is 20.8 Å². The first-order valence-electron chi connectivity index (χ1n) is 2.75. The average molecular weight is 186 g/mol. The van der Waals surface area contributed by atoms with E-state index in [1.165, 1.54) is 0 Å². The molecular weight excluding hydrogens is 175 g/mol. The largest absolute Gasteiger partial charge is 1.00 e. The van der Waals surface area contributed by atoms with Gasteiger partial charge in [-0.15, -0.1) is 0 Å². The fourth-order valence-electron chi connectivity index (χ4n) is 0.275. The molecule has 0 unspecified atom stereocenters. The van der Waals surface area contributed by atoms with Crippen LogP contribution >= 0.6 is 12.2 Å². The molecule has 0 N–H and O–H groups in total. The molecule has 0 spiro atoms. The zero-order valence-corrected chi connectivity index (χ0v) is 10.6. The van der Waals surface area contributed by atoms with Gasteiger partial charge in [-0.25, -0.2) is 0 Å². The maximum Gasteiger partial charge on any atom is 1.00 e. The third-order valence-electron chi connectivity index (χ3n) is 0.623. The fraction of sp³-hybridized carbons (Fsp3) is 0.833. The van der Waals surface area contributed by atoms with Crippen LogP contribution in [-0.2, 0) is 17.4 Å². The summed E-state index contributed by atoms with van der Waals surface area (Å²) in [7, 11) is 0. The van der Waals surface area contributed by atoms with Crippen molar-refractivity contribution in [3.05, 3.63) is 0 Å². The molecule has 0 atom stereocenters. The molecule has 0 aliphatic heterocycles. The van der Waals surface area contributed by atoms with Crippen LogP contribution in [-0.4, -0.2) is 11.0 Å². The van der Waals surface area contributed by atoms with E-state index < -0.39 is 0 Å². The number of rotatable bonds is 1. The Hall–Kier alpha value is 1.11. The van der Waals surface area contributed by atoms with Crippen molar-refractivity contribution in [2.45, 2.75) is 20.8 Å². The Kier molecular flexibility index (Phi) is 7.83. The van der Waals surface area contributed by atoms with E-state index in [1.807, 2.05) is 0 Å². The first-order valence-corrected chi connectivity index (χ1v) is 3.57. The molecule has 0 bridgehead atoms. The van der Waals surface area contributed by atoms with E-state index in [0.717, 1.165) is 0 Å². The van der Waals surface area contributed by atoms with Crippen LogP contribution in [0, 0.1) is 5.41 Å². The summed E-state index contributed by atoms with van der Waals surface area (Å²) in [6, 6.07) is 0. The third kappa shape index (κ3) is 11.9. The summed E-state index contributed by atoms with van der Waals surface area (Å²) in [5.74, 6) is 0. The molecule has 0 aromatic heterocycles. The monoisotopic (exact) mass is 186 g/mol. The van der Waals surface area contributed by atoms with Crippen LogP contribution in [0.3, 0.4) is 0 Å². The summed E-state index contributed by atoms with van der Waals surface area (Å²) in [5, 5.41) is 0. The fourth-order valence-corrected chi connectivity index (χ4v) is 0.393. The van der Waals surface area contributed by atoms with Crippen LogP contribution in [0.15, 0.2) is 0 Å². The zero-order valence-electron chi connectivity index (χ0n) is 6.93. The van der Waals surface area contributed by atoms with Crippen molar-refractivity contribution in [3.63, 3.8) is 0 Å². The van der Waals surface area contributed by atoms with Gasteiger partial charge in [-0.3, -0.25) is 0 Å². The Morgan fingerprint density at radius 1 is 1.50 bits per heavy atom. The van der Waals surface area contributed by atoms with Gasteiger partial charge in [0.1, 0.15) is 0 Å². The standard InChI is InChI=1S/C6H12OS2.Na/c1-6(2,3)4-7-5(8)9;/h4H2,1-3H3,(H,8,9);/q;+1/p-1. The van der Waals surface area contributed by atoms with Crippen LogP contribution < -0.4 is 29.6 Å². The smallest absolute Gasteiger partial charge is 0.513 e. The molecule has 0 aliphatic carbocycles. The second-order valence-corrected chi connectivity index (χ2v) is 4.10. The summed E-state index contributed by atoms with van der Waals surface area (Å²) >= 11 is 9.11. The van der Waals surface area contributed by atoms with Crippen LogP contribution in [0.2, 0.25) is 0 Å². The number of thiocarbonyl (C=S) groups is 1. The van der Waals surface area contributed by atoms with Crippen molar-refractivity contribution >= 4 is 29.2 Å². The summed E-state index contributed by atoms with van der Waals surface area (Å²) in [6.07, 6.45) is 0. The van der Waals surface area contributed by atoms with Gasteiger partial charge in [-0.2, -0.15) is 0 Å². The van der Waals surface area contributed by atoms with E-state index in [-0.39, 0.29) is 39.4 Å². The van der Waals surface area contributed by atoms with Gasteiger partial charge in [0.2, 0.25) is 0 Å². The summed E-state index contributed by atoms with van der Waals surface area (Å²) in [6.45, 7) is 6.82. The first-order chi connectivity index (χ1) is 3.92. The summed E-state index contributed by atoms with van der Waals surface area (Å²) < 4.78 is 5.17. The normalized spacial score (nSPS) is 9.90. The van der Waals surface area contributed by atoms with Gasteiger partial charge in [0.25, 0.3) is 0 Å². The Morgan fingerprint density at radius 3 is 2.00 bits per heavy atom. The molecular formula is C6H11NaOS2. The molecule has 0 fully saturated rings. The molecule has 4 heteroatoms. The minimum Gasteiger partial charge on any atom is -0.513 e. The minimum atomic E-state index is 0. The molecule has 0 aliphatic rings. The quantitative estimate of drug-likeness (QED) is 0.292. The molecule has 0 rings (SSSR count). The minimum absolute atomic E-state index is 0. The van der Waals surface area contributed by atoms with E-state index in [2.05, 4.69) is 45.6 Å². The molecule has 0 aromatic carbocycles. The van der Waals surface area contributed by atoms with Gasteiger partial charge in [0, 0.05) is 4.38 Å². The van der Waals surface area contributed by atoms with Gasteiger partial charge < -0.3 is 29.6 Å². The van der Waals surface area contributed by atoms with Crippen molar-refractivity contribution in [1.82, 2.24) is 0 Å². The van der Waals surface area contributed by atoms with Gasteiger partial charge >= 0.3 is 29.6 Å². The molecule has 0 saturated heterocycles. The van der Waals surface area contributed by atoms with Gasteiger partial charge in [0.15, 0.2) is 0 Å². The van der Waals surface area contributed by atoms with E-state index in [9.17, 15) is 0 Å². The molecule has 0 amide bonds. The topological polar surface area (TPSA) is 9.23 Å². The van der Waals surface area contributed by atoms with Crippen LogP contribution in [0.4, 0.5) is 0 Å². The Bertz CT molecular complexity index is 109. The van der Waals surface area contributed by atoms with Crippen LogP contribution in [0.5, 0.6) is 0 Å². The third-order valence-corrected chi connectivity index (χ3v) is 0.859. The first kappa shape index (κ1) is 13.7. The Balaban J connectivity index is 0. The van der Waals surface area contributed by atoms with Crippen LogP contribution in [0.1, 0.15) is 20.8 Å². The van der Waals surface area contributed by atoms with Crippen LogP contribution in [0.25, 0.3) is 0 Å². The molecule has 0 saturated carbocycles. The van der Waals surface area contributed by atoms with Crippen molar-refractivity contribution in [2.24, 2.45) is 5.41 Å². The zero-order chi connectivity index (χ0) is 7.49. The predicted octanol–water partition coefficient (Wildman–Crippen LogP) is -1.12. The number of hydrogen-bond acceptors (Lipinski definition) is 3. The van der Waals surface area contributed by atoms with Crippen molar-refractivity contribution in [3.8, 4) is 0 Å². The predicted molar refractivity (Wildman–Crippen MR) is 45.4 cm³/mol. The van der Waals surface area contributed by atoms with Gasteiger partial charge in [0.05, 0.1) is 6.61 Å². The van der Waals surface area contributed by atoms with E-state index >= 15 is 0 Å².